The highest BCUT2D eigenvalue weighted by Crippen LogP contribution is 2.27. The molecule has 0 spiro atoms. The van der Waals surface area contributed by atoms with Crippen molar-refractivity contribution in [1.82, 2.24) is 0 Å². The molecule has 0 aliphatic heterocycles. The number of halogens is 2. The van der Waals surface area contributed by atoms with E-state index in [-0.39, 0.29) is 21.3 Å². The molecule has 0 saturated heterocycles. The van der Waals surface area contributed by atoms with Crippen LogP contribution < -0.4 is 5.32 Å². The molecule has 0 radical (unpaired) electrons. The maximum atomic E-state index is 12.2. The van der Waals surface area contributed by atoms with Gasteiger partial charge in [-0.05, 0) is 24.6 Å². The highest BCUT2D eigenvalue weighted by atomic mass is 35.5. The first-order valence-electron chi connectivity index (χ1n) is 5.90. The van der Waals surface area contributed by atoms with E-state index in [2.05, 4.69) is 5.32 Å². The molecule has 0 atom stereocenters. The molecule has 108 valence electrons. The van der Waals surface area contributed by atoms with E-state index < -0.39 is 10.8 Å². The van der Waals surface area contributed by atoms with Crippen LogP contribution in [0.2, 0.25) is 10.0 Å². The van der Waals surface area contributed by atoms with Gasteiger partial charge in [0.2, 0.25) is 0 Å². The van der Waals surface area contributed by atoms with Gasteiger partial charge in [-0.15, -0.1) is 0 Å². The summed E-state index contributed by atoms with van der Waals surface area (Å²) in [5.74, 6) is -0.519. The summed E-state index contributed by atoms with van der Waals surface area (Å²) in [6.45, 7) is 1.73. The van der Waals surface area contributed by atoms with E-state index in [4.69, 9.17) is 23.2 Å². The van der Waals surface area contributed by atoms with Crippen molar-refractivity contribution in [3.63, 3.8) is 0 Å². The van der Waals surface area contributed by atoms with Gasteiger partial charge < -0.3 is 5.32 Å². The van der Waals surface area contributed by atoms with Crippen molar-refractivity contribution in [2.24, 2.45) is 0 Å². The molecule has 0 aliphatic rings. The average molecular weight is 325 g/mol. The predicted octanol–water partition coefficient (Wildman–Crippen LogP) is 4.46. The molecule has 0 bridgehead atoms. The summed E-state index contributed by atoms with van der Waals surface area (Å²) in [5.41, 5.74) is 1.05. The molecule has 0 fully saturated rings. The Hall–Kier alpha value is -2.11. The Morgan fingerprint density at radius 3 is 2.38 bits per heavy atom. The van der Waals surface area contributed by atoms with Crippen LogP contribution in [0.25, 0.3) is 0 Å². The fourth-order valence-electron chi connectivity index (χ4n) is 1.76. The van der Waals surface area contributed by atoms with Gasteiger partial charge in [0, 0.05) is 12.1 Å². The van der Waals surface area contributed by atoms with Crippen LogP contribution in [0.15, 0.2) is 36.4 Å². The van der Waals surface area contributed by atoms with Crippen LogP contribution in [0.5, 0.6) is 0 Å². The fourth-order valence-corrected chi connectivity index (χ4v) is 2.33. The van der Waals surface area contributed by atoms with Gasteiger partial charge in [-0.2, -0.15) is 0 Å². The third-order valence-electron chi connectivity index (χ3n) is 2.87. The summed E-state index contributed by atoms with van der Waals surface area (Å²) in [4.78, 5) is 22.5. The van der Waals surface area contributed by atoms with Gasteiger partial charge in [-0.25, -0.2) is 0 Å². The summed E-state index contributed by atoms with van der Waals surface area (Å²) in [6, 6.07) is 8.93. The number of anilines is 1. The van der Waals surface area contributed by atoms with Crippen molar-refractivity contribution in [2.75, 3.05) is 5.32 Å². The maximum absolute atomic E-state index is 12.2. The Kier molecular flexibility index (Phi) is 4.45. The lowest BCUT2D eigenvalue weighted by Gasteiger charge is -2.10. The van der Waals surface area contributed by atoms with Gasteiger partial charge in [0.05, 0.1) is 26.2 Å². The molecule has 2 aromatic rings. The highest BCUT2D eigenvalue weighted by molar-refractivity contribution is 6.40. The summed E-state index contributed by atoms with van der Waals surface area (Å²) >= 11 is 11.9. The molecule has 2 rings (SSSR count). The number of nitrogens with zero attached hydrogens (tertiary/aromatic N) is 1. The number of carbonyl (C=O) groups excluding carboxylic acids is 1. The summed E-state index contributed by atoms with van der Waals surface area (Å²) in [5, 5.41) is 13.8. The molecule has 7 heteroatoms. The van der Waals surface area contributed by atoms with Gasteiger partial charge >= 0.3 is 0 Å². The summed E-state index contributed by atoms with van der Waals surface area (Å²) in [7, 11) is 0. The van der Waals surface area contributed by atoms with E-state index in [0.29, 0.717) is 11.3 Å². The van der Waals surface area contributed by atoms with Crippen LogP contribution in [0.1, 0.15) is 15.9 Å². The van der Waals surface area contributed by atoms with Crippen LogP contribution in [-0.4, -0.2) is 10.8 Å². The topological polar surface area (TPSA) is 72.2 Å². The Morgan fingerprint density at radius 1 is 1.19 bits per heavy atom. The number of hydrogen-bond donors (Lipinski definition) is 1. The lowest BCUT2D eigenvalue weighted by molar-refractivity contribution is -0.384. The van der Waals surface area contributed by atoms with E-state index in [1.165, 1.54) is 12.1 Å². The largest absolute Gasteiger partial charge is 0.321 e. The van der Waals surface area contributed by atoms with Crippen molar-refractivity contribution < 1.29 is 9.72 Å². The molecule has 21 heavy (non-hydrogen) atoms. The second kappa shape index (κ2) is 6.11. The molecular weight excluding hydrogens is 315 g/mol. The van der Waals surface area contributed by atoms with Crippen LogP contribution in [0.3, 0.4) is 0 Å². The van der Waals surface area contributed by atoms with Crippen molar-refractivity contribution in [3.05, 3.63) is 67.7 Å². The third-order valence-corrected chi connectivity index (χ3v) is 3.50. The second-order valence-corrected chi connectivity index (χ2v) is 5.12. The SMILES string of the molecule is Cc1ccc([N+](=O)[O-])cc1NC(=O)c1c(Cl)cccc1Cl. The molecule has 2 aromatic carbocycles. The standard InChI is InChI=1S/C14H10Cl2N2O3/c1-8-5-6-9(18(20)21)7-12(8)17-14(19)13-10(15)3-2-4-11(13)16/h2-7H,1H3,(H,17,19). The Morgan fingerprint density at radius 2 is 1.81 bits per heavy atom. The first-order chi connectivity index (χ1) is 9.90. The number of non-ortho nitro benzene ring substituents is 1. The molecule has 0 aromatic heterocycles. The zero-order valence-electron chi connectivity index (χ0n) is 10.9. The average Bonchev–Trinajstić information content (AvgIpc) is 2.40. The van der Waals surface area contributed by atoms with Gasteiger partial charge in [0.1, 0.15) is 0 Å². The molecular formula is C14H10Cl2N2O3. The van der Waals surface area contributed by atoms with E-state index >= 15 is 0 Å². The van der Waals surface area contributed by atoms with E-state index in [1.807, 2.05) is 0 Å². The lowest BCUT2D eigenvalue weighted by Crippen LogP contribution is -2.14. The Bertz CT molecular complexity index is 712. The molecule has 0 heterocycles. The minimum atomic E-state index is -0.530. The molecule has 0 unspecified atom stereocenters. The quantitative estimate of drug-likeness (QED) is 0.669. The van der Waals surface area contributed by atoms with Crippen molar-refractivity contribution in [1.29, 1.82) is 0 Å². The van der Waals surface area contributed by atoms with Gasteiger partial charge in [0.15, 0.2) is 0 Å². The monoisotopic (exact) mass is 324 g/mol. The maximum Gasteiger partial charge on any atom is 0.271 e. The summed E-state index contributed by atoms with van der Waals surface area (Å²) < 4.78 is 0. The Balaban J connectivity index is 2.36. The number of aryl methyl sites for hydroxylation is 1. The number of carbonyl (C=O) groups is 1. The molecule has 5 nitrogen and oxygen atoms in total. The van der Waals surface area contributed by atoms with E-state index in [9.17, 15) is 14.9 Å². The second-order valence-electron chi connectivity index (χ2n) is 4.31. The number of nitro groups is 1. The first-order valence-corrected chi connectivity index (χ1v) is 6.66. The zero-order valence-corrected chi connectivity index (χ0v) is 12.4. The normalized spacial score (nSPS) is 10.2. The molecule has 0 saturated carbocycles. The van der Waals surface area contributed by atoms with Crippen LogP contribution >= 0.6 is 23.2 Å². The van der Waals surface area contributed by atoms with Crippen molar-refractivity contribution >= 4 is 40.5 Å². The number of nitrogens with one attached hydrogen (secondary N) is 1. The number of benzene rings is 2. The van der Waals surface area contributed by atoms with E-state index in [0.717, 1.165) is 0 Å². The van der Waals surface area contributed by atoms with Crippen molar-refractivity contribution in [2.45, 2.75) is 6.92 Å². The van der Waals surface area contributed by atoms with Gasteiger partial charge in [-0.1, -0.05) is 35.3 Å². The Labute approximate surface area is 130 Å². The molecule has 1 N–H and O–H groups in total. The number of amides is 1. The number of rotatable bonds is 3. The smallest absolute Gasteiger partial charge is 0.271 e. The molecule has 1 amide bonds. The first kappa shape index (κ1) is 15.3. The predicted molar refractivity (Wildman–Crippen MR) is 82.2 cm³/mol. The van der Waals surface area contributed by atoms with Crippen molar-refractivity contribution in [3.8, 4) is 0 Å². The number of hydrogen-bond acceptors (Lipinski definition) is 3. The lowest BCUT2D eigenvalue weighted by atomic mass is 10.1. The van der Waals surface area contributed by atoms with Gasteiger partial charge in [-0.3, -0.25) is 14.9 Å². The number of nitro benzene ring substituents is 1. The summed E-state index contributed by atoms with van der Waals surface area (Å²) in [6.07, 6.45) is 0. The fraction of sp³-hybridized carbons (Fsp3) is 0.0714. The zero-order chi connectivity index (χ0) is 15.6. The van der Waals surface area contributed by atoms with E-state index in [1.54, 1.807) is 31.2 Å². The highest BCUT2D eigenvalue weighted by Gasteiger charge is 2.17. The molecule has 0 aliphatic carbocycles. The minimum Gasteiger partial charge on any atom is -0.321 e. The van der Waals surface area contributed by atoms with Crippen LogP contribution in [-0.2, 0) is 0 Å². The van der Waals surface area contributed by atoms with Crippen LogP contribution in [0, 0.1) is 17.0 Å². The van der Waals surface area contributed by atoms with Crippen LogP contribution in [0.4, 0.5) is 11.4 Å². The van der Waals surface area contributed by atoms with Gasteiger partial charge in [0.25, 0.3) is 11.6 Å². The third kappa shape index (κ3) is 3.32. The minimum absolute atomic E-state index is 0.110.